The van der Waals surface area contributed by atoms with Gasteiger partial charge in [-0.05, 0) is 19.3 Å². The van der Waals surface area contributed by atoms with Crippen LogP contribution in [-0.2, 0) is 4.74 Å². The summed E-state index contributed by atoms with van der Waals surface area (Å²) in [5.41, 5.74) is 0. The van der Waals surface area contributed by atoms with Crippen molar-refractivity contribution in [2.75, 3.05) is 13.2 Å². The van der Waals surface area contributed by atoms with Gasteiger partial charge in [-0.2, -0.15) is 0 Å². The van der Waals surface area contributed by atoms with Crippen molar-refractivity contribution >= 4 is 6.09 Å². The highest BCUT2D eigenvalue weighted by Gasteiger charge is 1.99. The van der Waals surface area contributed by atoms with Crippen LogP contribution in [0, 0.1) is 5.92 Å². The van der Waals surface area contributed by atoms with E-state index in [4.69, 9.17) is 4.74 Å². The quantitative estimate of drug-likeness (QED) is 0.679. The van der Waals surface area contributed by atoms with Gasteiger partial charge in [-0.15, -0.1) is 0 Å². The van der Waals surface area contributed by atoms with Crippen LogP contribution in [0.25, 0.3) is 0 Å². The molecular weight excluding hydrogens is 142 g/mol. The Hall–Kier alpha value is -0.730. The molecule has 0 heterocycles. The molecule has 0 aliphatic heterocycles. The maximum Gasteiger partial charge on any atom is 0.407 e. The molecule has 0 saturated heterocycles. The molecule has 0 aromatic carbocycles. The van der Waals surface area contributed by atoms with Crippen molar-refractivity contribution in [2.45, 2.75) is 27.2 Å². The Labute approximate surface area is 68.1 Å². The van der Waals surface area contributed by atoms with Gasteiger partial charge in [-0.1, -0.05) is 13.8 Å². The first-order valence-corrected chi connectivity index (χ1v) is 4.07. The minimum absolute atomic E-state index is 0.312. The third kappa shape index (κ3) is 7.16. The summed E-state index contributed by atoms with van der Waals surface area (Å²) in [5, 5.41) is 2.56. The molecule has 0 rings (SSSR count). The van der Waals surface area contributed by atoms with Crippen LogP contribution in [0.2, 0.25) is 0 Å². The van der Waals surface area contributed by atoms with Gasteiger partial charge in [0.1, 0.15) is 0 Å². The Bertz CT molecular complexity index is 113. The maximum absolute atomic E-state index is 10.7. The van der Waals surface area contributed by atoms with E-state index in [-0.39, 0.29) is 6.09 Å². The van der Waals surface area contributed by atoms with Crippen LogP contribution < -0.4 is 5.32 Å². The molecule has 0 unspecified atom stereocenters. The molecule has 0 bridgehead atoms. The molecule has 1 N–H and O–H groups in total. The van der Waals surface area contributed by atoms with Crippen LogP contribution in [0.3, 0.4) is 0 Å². The third-order valence-corrected chi connectivity index (χ3v) is 1.25. The monoisotopic (exact) mass is 159 g/mol. The van der Waals surface area contributed by atoms with Gasteiger partial charge in [-0.25, -0.2) is 4.79 Å². The average Bonchev–Trinajstić information content (AvgIpc) is 1.87. The Balaban J connectivity index is 3.17. The fourth-order valence-corrected chi connectivity index (χ4v) is 0.583. The first-order chi connectivity index (χ1) is 5.16. The van der Waals surface area contributed by atoms with Crippen molar-refractivity contribution < 1.29 is 9.53 Å². The molecule has 3 heteroatoms. The lowest BCUT2D eigenvalue weighted by Crippen LogP contribution is -2.24. The predicted molar refractivity (Wildman–Crippen MR) is 44.5 cm³/mol. The number of hydrogen-bond donors (Lipinski definition) is 1. The third-order valence-electron chi connectivity index (χ3n) is 1.25. The highest BCUT2D eigenvalue weighted by molar-refractivity contribution is 5.66. The van der Waals surface area contributed by atoms with Crippen LogP contribution in [-0.4, -0.2) is 19.2 Å². The summed E-state index contributed by atoms with van der Waals surface area (Å²) in [5.74, 6) is 0.587. The largest absolute Gasteiger partial charge is 0.450 e. The van der Waals surface area contributed by atoms with E-state index in [2.05, 4.69) is 19.2 Å². The van der Waals surface area contributed by atoms with Crippen LogP contribution in [0.4, 0.5) is 4.79 Å². The summed E-state index contributed by atoms with van der Waals surface area (Å²) in [6.45, 7) is 7.20. The highest BCUT2D eigenvalue weighted by Crippen LogP contribution is 1.98. The zero-order valence-corrected chi connectivity index (χ0v) is 7.52. The summed E-state index contributed by atoms with van der Waals surface area (Å²) >= 11 is 0. The SMILES string of the molecule is CCNC(=O)OCCC(C)C. The van der Waals surface area contributed by atoms with E-state index in [9.17, 15) is 4.79 Å². The Morgan fingerprint density at radius 1 is 1.55 bits per heavy atom. The number of nitrogens with one attached hydrogen (secondary N) is 1. The lowest BCUT2D eigenvalue weighted by Gasteiger charge is -2.06. The van der Waals surface area contributed by atoms with Crippen LogP contribution in [0.15, 0.2) is 0 Å². The summed E-state index contributed by atoms with van der Waals surface area (Å²) in [6, 6.07) is 0. The van der Waals surface area contributed by atoms with Gasteiger partial charge in [0.2, 0.25) is 0 Å². The molecule has 11 heavy (non-hydrogen) atoms. The van der Waals surface area contributed by atoms with Crippen LogP contribution >= 0.6 is 0 Å². The first-order valence-electron chi connectivity index (χ1n) is 4.07. The van der Waals surface area contributed by atoms with Crippen molar-refractivity contribution in [3.05, 3.63) is 0 Å². The second kappa shape index (κ2) is 6.01. The molecule has 0 radical (unpaired) electrons. The number of rotatable bonds is 4. The van der Waals surface area contributed by atoms with Gasteiger partial charge >= 0.3 is 6.09 Å². The number of alkyl carbamates (subject to hydrolysis) is 1. The van der Waals surface area contributed by atoms with Gasteiger partial charge < -0.3 is 10.1 Å². The van der Waals surface area contributed by atoms with Crippen molar-refractivity contribution in [1.29, 1.82) is 0 Å². The molecule has 0 aromatic rings. The maximum atomic E-state index is 10.7. The topological polar surface area (TPSA) is 38.3 Å². The van der Waals surface area contributed by atoms with Crippen molar-refractivity contribution in [2.24, 2.45) is 5.92 Å². The van der Waals surface area contributed by atoms with E-state index in [1.807, 2.05) is 6.92 Å². The lowest BCUT2D eigenvalue weighted by molar-refractivity contribution is 0.141. The standard InChI is InChI=1S/C8H17NO2/c1-4-9-8(10)11-6-5-7(2)3/h7H,4-6H2,1-3H3,(H,9,10). The molecule has 0 spiro atoms. The highest BCUT2D eigenvalue weighted by atomic mass is 16.5. The van der Waals surface area contributed by atoms with E-state index in [0.29, 0.717) is 19.1 Å². The summed E-state index contributed by atoms with van der Waals surface area (Å²) < 4.78 is 4.84. The summed E-state index contributed by atoms with van der Waals surface area (Å²) in [7, 11) is 0. The molecule has 3 nitrogen and oxygen atoms in total. The number of carbonyl (C=O) groups excluding carboxylic acids is 1. The second-order valence-electron chi connectivity index (χ2n) is 2.85. The van der Waals surface area contributed by atoms with E-state index < -0.39 is 0 Å². The molecular formula is C8H17NO2. The summed E-state index contributed by atoms with van der Waals surface area (Å²) in [4.78, 5) is 10.7. The fourth-order valence-electron chi connectivity index (χ4n) is 0.583. The normalized spacial score (nSPS) is 9.82. The van der Waals surface area contributed by atoms with E-state index in [1.54, 1.807) is 0 Å². The van der Waals surface area contributed by atoms with E-state index >= 15 is 0 Å². The van der Waals surface area contributed by atoms with Gasteiger partial charge in [0.15, 0.2) is 0 Å². The molecule has 0 saturated carbocycles. The van der Waals surface area contributed by atoms with Gasteiger partial charge in [0.25, 0.3) is 0 Å². The minimum Gasteiger partial charge on any atom is -0.450 e. The molecule has 0 aromatic heterocycles. The van der Waals surface area contributed by atoms with Gasteiger partial charge in [0, 0.05) is 6.54 Å². The first kappa shape index (κ1) is 10.3. The molecule has 0 aliphatic carbocycles. The lowest BCUT2D eigenvalue weighted by atomic mass is 10.1. The predicted octanol–water partition coefficient (Wildman–Crippen LogP) is 1.78. The van der Waals surface area contributed by atoms with Crippen molar-refractivity contribution in [1.82, 2.24) is 5.32 Å². The van der Waals surface area contributed by atoms with Crippen molar-refractivity contribution in [3.63, 3.8) is 0 Å². The number of hydrogen-bond acceptors (Lipinski definition) is 2. The number of ether oxygens (including phenoxy) is 1. The van der Waals surface area contributed by atoms with Gasteiger partial charge in [0.05, 0.1) is 6.61 Å². The van der Waals surface area contributed by atoms with Gasteiger partial charge in [-0.3, -0.25) is 0 Å². The molecule has 0 fully saturated rings. The van der Waals surface area contributed by atoms with Crippen LogP contribution in [0.5, 0.6) is 0 Å². The zero-order chi connectivity index (χ0) is 8.69. The molecule has 0 atom stereocenters. The molecule has 66 valence electrons. The summed E-state index contributed by atoms with van der Waals surface area (Å²) in [6.07, 6.45) is 0.616. The van der Waals surface area contributed by atoms with Crippen molar-refractivity contribution in [3.8, 4) is 0 Å². The molecule has 0 aliphatic rings. The average molecular weight is 159 g/mol. The molecule has 1 amide bonds. The fraction of sp³-hybridized carbons (Fsp3) is 0.875. The Kier molecular flexibility index (Phi) is 5.61. The Morgan fingerprint density at radius 3 is 2.64 bits per heavy atom. The smallest absolute Gasteiger partial charge is 0.407 e. The number of carbonyl (C=O) groups is 1. The van der Waals surface area contributed by atoms with E-state index in [1.165, 1.54) is 0 Å². The Morgan fingerprint density at radius 2 is 2.18 bits per heavy atom. The van der Waals surface area contributed by atoms with E-state index in [0.717, 1.165) is 6.42 Å². The minimum atomic E-state index is -0.312. The van der Waals surface area contributed by atoms with Crippen LogP contribution in [0.1, 0.15) is 27.2 Å². The second-order valence-corrected chi connectivity index (χ2v) is 2.85. The zero-order valence-electron chi connectivity index (χ0n) is 7.52. The number of amides is 1.